The third kappa shape index (κ3) is 2.37. The molecule has 1 atom stereocenters. The highest BCUT2D eigenvalue weighted by Crippen LogP contribution is 2.29. The fourth-order valence-electron chi connectivity index (χ4n) is 2.08. The third-order valence-corrected chi connectivity index (χ3v) is 3.28. The summed E-state index contributed by atoms with van der Waals surface area (Å²) in [5.74, 6) is 0.613. The number of nitrogens with one attached hydrogen (secondary N) is 1. The zero-order valence-electron chi connectivity index (χ0n) is 10.4. The van der Waals surface area contributed by atoms with Crippen molar-refractivity contribution in [3.05, 3.63) is 52.4 Å². The van der Waals surface area contributed by atoms with Gasteiger partial charge < -0.3 is 19.6 Å². The molecule has 0 aliphatic carbocycles. The molecule has 6 heteroatoms. The second kappa shape index (κ2) is 5.19. The molecule has 1 aromatic carbocycles. The van der Waals surface area contributed by atoms with E-state index in [1.807, 2.05) is 0 Å². The molecule has 1 unspecified atom stereocenters. The topological polar surface area (TPSA) is 71.7 Å². The summed E-state index contributed by atoms with van der Waals surface area (Å²) in [7, 11) is 0. The van der Waals surface area contributed by atoms with E-state index in [-0.39, 0.29) is 11.1 Å². The van der Waals surface area contributed by atoms with Gasteiger partial charge in [-0.15, -0.1) is 0 Å². The Hall–Kier alpha value is -1.98. The normalized spacial score (nSPS) is 15.8. The smallest absolute Gasteiger partial charge is 0.255 e. The van der Waals surface area contributed by atoms with E-state index in [9.17, 15) is 9.90 Å². The first-order valence-electron chi connectivity index (χ1n) is 6.13. The van der Waals surface area contributed by atoms with E-state index in [2.05, 4.69) is 5.32 Å². The van der Waals surface area contributed by atoms with E-state index >= 15 is 0 Å². The predicted molar refractivity (Wildman–Crippen MR) is 72.1 cm³/mol. The maximum atomic E-state index is 11.9. The number of hydrogen-bond donors (Lipinski definition) is 2. The fourth-order valence-corrected chi connectivity index (χ4v) is 2.23. The summed E-state index contributed by atoms with van der Waals surface area (Å²) in [5.41, 5.74) is 0.937. The lowest BCUT2D eigenvalue weighted by atomic mass is 10.0. The Morgan fingerprint density at radius 2 is 2.15 bits per heavy atom. The fraction of sp³-hybridized carbons (Fsp3) is 0.214. The van der Waals surface area contributed by atoms with Gasteiger partial charge in [-0.3, -0.25) is 4.79 Å². The lowest BCUT2D eigenvalue weighted by molar-refractivity contribution is 0.0957. The Bertz CT molecular complexity index is 652. The predicted octanol–water partition coefficient (Wildman–Crippen LogP) is 2.14. The highest BCUT2D eigenvalue weighted by molar-refractivity contribution is 6.28. The summed E-state index contributed by atoms with van der Waals surface area (Å²) < 4.78 is 10.6. The molecule has 0 fully saturated rings. The van der Waals surface area contributed by atoms with Crippen molar-refractivity contribution in [2.75, 3.05) is 13.2 Å². The quantitative estimate of drug-likeness (QED) is 0.890. The third-order valence-electron chi connectivity index (χ3n) is 3.07. The molecule has 20 heavy (non-hydrogen) atoms. The monoisotopic (exact) mass is 293 g/mol. The van der Waals surface area contributed by atoms with Crippen LogP contribution in [-0.2, 0) is 0 Å². The van der Waals surface area contributed by atoms with Crippen LogP contribution in [0.1, 0.15) is 27.8 Å². The van der Waals surface area contributed by atoms with E-state index in [4.69, 9.17) is 20.8 Å². The van der Waals surface area contributed by atoms with Crippen LogP contribution in [0, 0.1) is 0 Å². The number of hydrogen-bond acceptors (Lipinski definition) is 4. The van der Waals surface area contributed by atoms with Crippen LogP contribution in [0.4, 0.5) is 0 Å². The summed E-state index contributed by atoms with van der Waals surface area (Å²) in [6, 6.07) is 8.10. The SMILES string of the molecule is O=C1NCCOc2ccc(C(O)c3ccc(Cl)o3)cc21. The molecular weight excluding hydrogens is 282 g/mol. The van der Waals surface area contributed by atoms with E-state index < -0.39 is 6.10 Å². The van der Waals surface area contributed by atoms with Crippen LogP contribution in [0.3, 0.4) is 0 Å². The first-order valence-corrected chi connectivity index (χ1v) is 6.51. The van der Waals surface area contributed by atoms with Crippen molar-refractivity contribution in [2.45, 2.75) is 6.10 Å². The summed E-state index contributed by atoms with van der Waals surface area (Å²) in [6.45, 7) is 0.883. The number of aliphatic hydroxyl groups is 1. The lowest BCUT2D eigenvalue weighted by Crippen LogP contribution is -2.24. The van der Waals surface area contributed by atoms with E-state index in [0.717, 1.165) is 0 Å². The summed E-state index contributed by atoms with van der Waals surface area (Å²) in [5, 5.41) is 13.2. The Kier molecular flexibility index (Phi) is 3.38. The average molecular weight is 294 g/mol. The van der Waals surface area contributed by atoms with Crippen molar-refractivity contribution >= 4 is 17.5 Å². The number of carbonyl (C=O) groups is 1. The van der Waals surface area contributed by atoms with Gasteiger partial charge in [0.25, 0.3) is 5.91 Å². The van der Waals surface area contributed by atoms with E-state index in [1.165, 1.54) is 0 Å². The molecular formula is C14H12ClNO4. The van der Waals surface area contributed by atoms with Gasteiger partial charge in [-0.05, 0) is 41.4 Å². The molecule has 2 aromatic rings. The van der Waals surface area contributed by atoms with Crippen LogP contribution in [-0.4, -0.2) is 24.2 Å². The van der Waals surface area contributed by atoms with Crippen molar-refractivity contribution in [3.63, 3.8) is 0 Å². The van der Waals surface area contributed by atoms with Gasteiger partial charge in [0.15, 0.2) is 5.22 Å². The number of carbonyl (C=O) groups excluding carboxylic acids is 1. The first-order chi connectivity index (χ1) is 9.65. The molecule has 1 amide bonds. The van der Waals surface area contributed by atoms with Gasteiger partial charge in [0.2, 0.25) is 0 Å². The number of rotatable bonds is 2. The Labute approximate surface area is 120 Å². The van der Waals surface area contributed by atoms with Crippen LogP contribution in [0.2, 0.25) is 5.22 Å². The molecule has 2 heterocycles. The highest BCUT2D eigenvalue weighted by Gasteiger charge is 2.21. The van der Waals surface area contributed by atoms with Crippen LogP contribution < -0.4 is 10.1 Å². The van der Waals surface area contributed by atoms with Gasteiger partial charge in [-0.2, -0.15) is 0 Å². The van der Waals surface area contributed by atoms with Crippen molar-refractivity contribution in [1.29, 1.82) is 0 Å². The van der Waals surface area contributed by atoms with Crippen LogP contribution in [0.5, 0.6) is 5.75 Å². The zero-order chi connectivity index (χ0) is 14.1. The second-order valence-corrected chi connectivity index (χ2v) is 4.78. The molecule has 0 saturated carbocycles. The first kappa shape index (κ1) is 13.0. The van der Waals surface area contributed by atoms with Crippen molar-refractivity contribution < 1.29 is 19.1 Å². The maximum absolute atomic E-state index is 11.9. The Balaban J connectivity index is 1.97. The van der Waals surface area contributed by atoms with Gasteiger partial charge in [0, 0.05) is 0 Å². The van der Waals surface area contributed by atoms with E-state index in [0.29, 0.717) is 35.8 Å². The average Bonchev–Trinajstić information content (AvgIpc) is 2.80. The molecule has 0 saturated heterocycles. The highest BCUT2D eigenvalue weighted by atomic mass is 35.5. The molecule has 1 aliphatic heterocycles. The summed E-state index contributed by atoms with van der Waals surface area (Å²) >= 11 is 5.69. The lowest BCUT2D eigenvalue weighted by Gasteiger charge is -2.11. The van der Waals surface area contributed by atoms with Gasteiger partial charge in [-0.1, -0.05) is 6.07 Å². The molecule has 1 aliphatic rings. The van der Waals surface area contributed by atoms with E-state index in [1.54, 1.807) is 30.3 Å². The molecule has 5 nitrogen and oxygen atoms in total. The minimum atomic E-state index is -0.983. The van der Waals surface area contributed by atoms with Gasteiger partial charge in [0.1, 0.15) is 24.2 Å². The number of halogens is 1. The minimum Gasteiger partial charge on any atom is -0.491 e. The summed E-state index contributed by atoms with van der Waals surface area (Å²) in [4.78, 5) is 11.9. The van der Waals surface area contributed by atoms with Gasteiger partial charge >= 0.3 is 0 Å². The molecule has 2 N–H and O–H groups in total. The van der Waals surface area contributed by atoms with Gasteiger partial charge in [-0.25, -0.2) is 0 Å². The molecule has 0 bridgehead atoms. The van der Waals surface area contributed by atoms with Crippen LogP contribution in [0.15, 0.2) is 34.7 Å². The van der Waals surface area contributed by atoms with Crippen molar-refractivity contribution in [3.8, 4) is 5.75 Å². The maximum Gasteiger partial charge on any atom is 0.255 e. The number of fused-ring (bicyclic) bond motifs is 1. The summed E-state index contributed by atoms with van der Waals surface area (Å²) in [6.07, 6.45) is -0.983. The molecule has 1 aromatic heterocycles. The van der Waals surface area contributed by atoms with Crippen LogP contribution in [0.25, 0.3) is 0 Å². The molecule has 3 rings (SSSR count). The Morgan fingerprint density at radius 1 is 1.30 bits per heavy atom. The standard InChI is InChI=1S/C14H12ClNO4/c15-12-4-3-11(20-12)13(17)8-1-2-10-9(7-8)14(18)16-5-6-19-10/h1-4,7,13,17H,5-6H2,(H,16,18). The minimum absolute atomic E-state index is 0.204. The van der Waals surface area contributed by atoms with Crippen LogP contribution >= 0.6 is 11.6 Å². The zero-order valence-corrected chi connectivity index (χ0v) is 11.2. The molecule has 104 valence electrons. The molecule has 0 radical (unpaired) electrons. The molecule has 0 spiro atoms. The van der Waals surface area contributed by atoms with Crippen molar-refractivity contribution in [2.24, 2.45) is 0 Å². The largest absolute Gasteiger partial charge is 0.491 e. The van der Waals surface area contributed by atoms with Crippen molar-refractivity contribution in [1.82, 2.24) is 5.32 Å². The van der Waals surface area contributed by atoms with Gasteiger partial charge in [0.05, 0.1) is 12.1 Å². The second-order valence-electron chi connectivity index (χ2n) is 4.40. The number of aliphatic hydroxyl groups excluding tert-OH is 1. The number of benzene rings is 1. The Morgan fingerprint density at radius 3 is 2.90 bits per heavy atom. The number of furan rings is 1. The number of ether oxygens (including phenoxy) is 1. The number of amides is 1.